The smallest absolute Gasteiger partial charge is 0.128 e. The van der Waals surface area contributed by atoms with Gasteiger partial charge >= 0.3 is 0 Å². The van der Waals surface area contributed by atoms with E-state index in [0.29, 0.717) is 6.54 Å². The van der Waals surface area contributed by atoms with E-state index in [4.69, 9.17) is 0 Å². The highest BCUT2D eigenvalue weighted by molar-refractivity contribution is 5.17. The lowest BCUT2D eigenvalue weighted by Crippen LogP contribution is -2.55. The second kappa shape index (κ2) is 3.23. The first-order valence-corrected chi connectivity index (χ1v) is 4.27. The molecule has 2 rings (SSSR count). The summed E-state index contributed by atoms with van der Waals surface area (Å²) < 4.78 is 12.8. The molecular formula is C10H12FN. The summed E-state index contributed by atoms with van der Waals surface area (Å²) in [6.45, 7) is 0.525. The molecule has 1 aliphatic rings. The van der Waals surface area contributed by atoms with Crippen molar-refractivity contribution in [1.29, 1.82) is 0 Å². The van der Waals surface area contributed by atoms with Gasteiger partial charge in [-0.15, -0.1) is 0 Å². The minimum atomic E-state index is -0.648. The Morgan fingerprint density at radius 1 is 1.33 bits per heavy atom. The molecule has 0 aliphatic carbocycles. The van der Waals surface area contributed by atoms with E-state index in [1.165, 1.54) is 5.56 Å². The molecule has 0 saturated carbocycles. The molecule has 0 radical (unpaired) electrons. The average molecular weight is 165 g/mol. The summed E-state index contributed by atoms with van der Waals surface area (Å²) in [6, 6.07) is 10.1. The van der Waals surface area contributed by atoms with Crippen molar-refractivity contribution in [1.82, 2.24) is 5.32 Å². The number of benzene rings is 1. The van der Waals surface area contributed by atoms with Crippen LogP contribution in [-0.4, -0.2) is 18.8 Å². The van der Waals surface area contributed by atoms with Crippen LogP contribution in [0.3, 0.4) is 0 Å². The van der Waals surface area contributed by atoms with Gasteiger partial charge in [0, 0.05) is 12.6 Å². The number of hydrogen-bond donors (Lipinski definition) is 1. The molecule has 0 amide bonds. The predicted molar refractivity (Wildman–Crippen MR) is 46.8 cm³/mol. The van der Waals surface area contributed by atoms with E-state index in [2.05, 4.69) is 5.32 Å². The second-order valence-corrected chi connectivity index (χ2v) is 3.22. The maximum Gasteiger partial charge on any atom is 0.128 e. The fraction of sp³-hybridized carbons (Fsp3) is 0.400. The highest BCUT2D eigenvalue weighted by Crippen LogP contribution is 2.13. The Bertz CT molecular complexity index is 247. The van der Waals surface area contributed by atoms with E-state index >= 15 is 0 Å². The zero-order chi connectivity index (χ0) is 8.39. The molecule has 1 aromatic rings. The van der Waals surface area contributed by atoms with E-state index in [1.807, 2.05) is 30.3 Å². The summed E-state index contributed by atoms with van der Waals surface area (Å²) in [4.78, 5) is 0. The van der Waals surface area contributed by atoms with E-state index in [-0.39, 0.29) is 6.04 Å². The molecule has 2 atom stereocenters. The molecule has 0 bridgehead atoms. The lowest BCUT2D eigenvalue weighted by atomic mass is 9.97. The van der Waals surface area contributed by atoms with Gasteiger partial charge in [0.15, 0.2) is 0 Å². The van der Waals surface area contributed by atoms with Crippen LogP contribution in [0.25, 0.3) is 0 Å². The Labute approximate surface area is 71.6 Å². The van der Waals surface area contributed by atoms with Gasteiger partial charge in [0.2, 0.25) is 0 Å². The second-order valence-electron chi connectivity index (χ2n) is 3.22. The van der Waals surface area contributed by atoms with Gasteiger partial charge in [0.25, 0.3) is 0 Å². The van der Waals surface area contributed by atoms with Crippen LogP contribution in [0.1, 0.15) is 5.56 Å². The summed E-state index contributed by atoms with van der Waals surface area (Å²) in [6.07, 6.45) is 0.160. The van der Waals surface area contributed by atoms with Crippen molar-refractivity contribution in [3.05, 3.63) is 35.9 Å². The predicted octanol–water partition coefficient (Wildman–Crippen LogP) is 1.54. The molecule has 1 fully saturated rings. The molecule has 1 saturated heterocycles. The van der Waals surface area contributed by atoms with Crippen molar-refractivity contribution < 1.29 is 4.39 Å². The van der Waals surface area contributed by atoms with E-state index < -0.39 is 6.17 Å². The summed E-state index contributed by atoms with van der Waals surface area (Å²) in [5.41, 5.74) is 1.21. The number of hydrogen-bond acceptors (Lipinski definition) is 1. The summed E-state index contributed by atoms with van der Waals surface area (Å²) in [7, 11) is 0. The van der Waals surface area contributed by atoms with Crippen LogP contribution in [0.5, 0.6) is 0 Å². The Morgan fingerprint density at radius 2 is 2.08 bits per heavy atom. The first-order valence-electron chi connectivity index (χ1n) is 4.27. The van der Waals surface area contributed by atoms with Gasteiger partial charge in [-0.1, -0.05) is 30.3 Å². The number of halogens is 1. The molecule has 1 aromatic carbocycles. The molecule has 1 N–H and O–H groups in total. The summed E-state index contributed by atoms with van der Waals surface area (Å²) in [5.74, 6) is 0. The van der Waals surface area contributed by atoms with Crippen LogP contribution in [0.4, 0.5) is 4.39 Å². The van der Waals surface area contributed by atoms with Gasteiger partial charge < -0.3 is 5.32 Å². The van der Waals surface area contributed by atoms with Crippen LogP contribution in [0.2, 0.25) is 0 Å². The Balaban J connectivity index is 1.95. The number of alkyl halides is 1. The maximum absolute atomic E-state index is 12.8. The van der Waals surface area contributed by atoms with Gasteiger partial charge in [-0.25, -0.2) is 4.39 Å². The molecule has 64 valence electrons. The van der Waals surface area contributed by atoms with Crippen LogP contribution < -0.4 is 5.32 Å². The van der Waals surface area contributed by atoms with Crippen molar-refractivity contribution >= 4 is 0 Å². The molecule has 0 aromatic heterocycles. The van der Waals surface area contributed by atoms with Gasteiger partial charge in [-0.3, -0.25) is 0 Å². The molecule has 2 heteroatoms. The summed E-state index contributed by atoms with van der Waals surface area (Å²) >= 11 is 0. The maximum atomic E-state index is 12.8. The first kappa shape index (κ1) is 7.74. The minimum Gasteiger partial charge on any atom is -0.308 e. The van der Waals surface area contributed by atoms with Gasteiger partial charge in [0.1, 0.15) is 6.17 Å². The van der Waals surface area contributed by atoms with Crippen molar-refractivity contribution in [2.45, 2.75) is 18.6 Å². The molecule has 1 nitrogen and oxygen atoms in total. The van der Waals surface area contributed by atoms with Gasteiger partial charge in [-0.2, -0.15) is 0 Å². The minimum absolute atomic E-state index is 0.0485. The molecular weight excluding hydrogens is 153 g/mol. The molecule has 1 aliphatic heterocycles. The standard InChI is InChI=1S/C10H12FN/c11-9-7-12-10(9)6-8-4-2-1-3-5-8/h1-5,9-10,12H,6-7H2/t9-,10+/m1/s1. The van der Waals surface area contributed by atoms with E-state index in [0.717, 1.165) is 6.42 Å². The van der Waals surface area contributed by atoms with Gasteiger partial charge in [0.05, 0.1) is 0 Å². The van der Waals surface area contributed by atoms with Crippen LogP contribution >= 0.6 is 0 Å². The fourth-order valence-electron chi connectivity index (χ4n) is 1.44. The van der Waals surface area contributed by atoms with Gasteiger partial charge in [-0.05, 0) is 12.0 Å². The number of nitrogens with one attached hydrogen (secondary N) is 1. The largest absolute Gasteiger partial charge is 0.308 e. The molecule has 0 spiro atoms. The Kier molecular flexibility index (Phi) is 2.09. The summed E-state index contributed by atoms with van der Waals surface area (Å²) in [5, 5.41) is 3.07. The highest BCUT2D eigenvalue weighted by atomic mass is 19.1. The average Bonchev–Trinajstić information content (AvgIpc) is 2.14. The third-order valence-corrected chi connectivity index (χ3v) is 2.31. The van der Waals surface area contributed by atoms with E-state index in [9.17, 15) is 4.39 Å². The van der Waals surface area contributed by atoms with Crippen LogP contribution in [0.15, 0.2) is 30.3 Å². The van der Waals surface area contributed by atoms with Crippen LogP contribution in [0, 0.1) is 0 Å². The van der Waals surface area contributed by atoms with Crippen molar-refractivity contribution in [3.8, 4) is 0 Å². The van der Waals surface area contributed by atoms with Crippen molar-refractivity contribution in [2.75, 3.05) is 6.54 Å². The molecule has 0 unspecified atom stereocenters. The fourth-order valence-corrected chi connectivity index (χ4v) is 1.44. The molecule has 1 heterocycles. The van der Waals surface area contributed by atoms with E-state index in [1.54, 1.807) is 0 Å². The monoisotopic (exact) mass is 165 g/mol. The zero-order valence-corrected chi connectivity index (χ0v) is 6.83. The first-order chi connectivity index (χ1) is 5.86. The van der Waals surface area contributed by atoms with Crippen molar-refractivity contribution in [3.63, 3.8) is 0 Å². The van der Waals surface area contributed by atoms with Crippen molar-refractivity contribution in [2.24, 2.45) is 0 Å². The highest BCUT2D eigenvalue weighted by Gasteiger charge is 2.29. The number of rotatable bonds is 2. The third kappa shape index (κ3) is 1.48. The SMILES string of the molecule is F[C@@H]1CN[C@H]1Cc1ccccc1. The quantitative estimate of drug-likeness (QED) is 0.701. The lowest BCUT2D eigenvalue weighted by Gasteiger charge is -2.32. The third-order valence-electron chi connectivity index (χ3n) is 2.31. The Hall–Kier alpha value is -0.890. The van der Waals surface area contributed by atoms with Crippen LogP contribution in [-0.2, 0) is 6.42 Å². The Morgan fingerprint density at radius 3 is 2.58 bits per heavy atom. The normalized spacial score (nSPS) is 28.1. The zero-order valence-electron chi connectivity index (χ0n) is 6.83. The topological polar surface area (TPSA) is 12.0 Å². The lowest BCUT2D eigenvalue weighted by molar-refractivity contribution is 0.158. The molecule has 12 heavy (non-hydrogen) atoms.